The molecule has 1 saturated heterocycles. The lowest BCUT2D eigenvalue weighted by atomic mass is 9.86. The van der Waals surface area contributed by atoms with E-state index in [4.69, 9.17) is 0 Å². The number of anilines is 1. The summed E-state index contributed by atoms with van der Waals surface area (Å²) in [5.74, 6) is -1.43. The first-order chi connectivity index (χ1) is 16.6. The molecule has 0 bridgehead atoms. The van der Waals surface area contributed by atoms with Gasteiger partial charge in [0, 0.05) is 25.5 Å². The number of hydrogen-bond donors (Lipinski definition) is 2. The number of carbonyl (C=O) groups excluding carboxylic acids is 1. The topological polar surface area (TPSA) is 112 Å². The third-order valence-corrected chi connectivity index (χ3v) is 7.60. The first-order valence-electron chi connectivity index (χ1n) is 11.3. The van der Waals surface area contributed by atoms with Gasteiger partial charge in [-0.15, -0.1) is 0 Å². The summed E-state index contributed by atoms with van der Waals surface area (Å²) in [6.07, 6.45) is 2.91. The molecule has 0 aliphatic carbocycles. The van der Waals surface area contributed by atoms with Crippen molar-refractivity contribution in [1.29, 1.82) is 0 Å². The molecule has 186 valence electrons. The van der Waals surface area contributed by atoms with E-state index >= 15 is 0 Å². The predicted molar refractivity (Wildman–Crippen MR) is 127 cm³/mol. The lowest BCUT2D eigenvalue weighted by Crippen LogP contribution is -2.47. The van der Waals surface area contributed by atoms with Crippen LogP contribution in [0.15, 0.2) is 53.7 Å². The standard InChI is InChI=1S/C24H26F2N4O4S/c1-16(25)7-8-24(32)9-13-30(14-10-24)23(31)18-6-5-17(15-19(18)26)29-35(33,34)21-4-2-3-20-22(21)28-12-11-27-20/h2-6,11-12,15-16,29,32H,7-10,13-14H2,1H3. The molecule has 1 unspecified atom stereocenters. The number of carbonyl (C=O) groups is 1. The van der Waals surface area contributed by atoms with Gasteiger partial charge in [-0.25, -0.2) is 17.2 Å². The number of piperidine rings is 1. The lowest BCUT2D eigenvalue weighted by Gasteiger charge is -2.38. The monoisotopic (exact) mass is 504 g/mol. The fraction of sp³-hybridized carbons (Fsp3) is 0.375. The summed E-state index contributed by atoms with van der Waals surface area (Å²) in [4.78, 5) is 22.4. The molecule has 0 spiro atoms. The zero-order valence-electron chi connectivity index (χ0n) is 19.1. The Labute approximate surface area is 202 Å². The molecule has 8 nitrogen and oxygen atoms in total. The van der Waals surface area contributed by atoms with Crippen LogP contribution >= 0.6 is 0 Å². The summed E-state index contributed by atoms with van der Waals surface area (Å²) in [6.45, 7) is 1.86. The van der Waals surface area contributed by atoms with Crippen LogP contribution in [0.1, 0.15) is 43.0 Å². The first kappa shape index (κ1) is 24.9. The molecule has 1 aromatic heterocycles. The number of likely N-dealkylation sites (tertiary alicyclic amines) is 1. The molecule has 1 amide bonds. The Kier molecular flexibility index (Phi) is 7.00. The molecule has 2 N–H and O–H groups in total. The molecule has 35 heavy (non-hydrogen) atoms. The maximum Gasteiger partial charge on any atom is 0.264 e. The number of amides is 1. The van der Waals surface area contributed by atoms with E-state index in [1.54, 1.807) is 6.07 Å². The Hall–Kier alpha value is -3.18. The van der Waals surface area contributed by atoms with Gasteiger partial charge in [0.05, 0.1) is 28.5 Å². The molecular weight excluding hydrogens is 478 g/mol. The second-order valence-corrected chi connectivity index (χ2v) is 10.5. The number of sulfonamides is 1. The molecule has 4 rings (SSSR count). The molecule has 1 aliphatic rings. The highest BCUT2D eigenvalue weighted by molar-refractivity contribution is 7.93. The van der Waals surface area contributed by atoms with E-state index in [2.05, 4.69) is 14.7 Å². The van der Waals surface area contributed by atoms with Gasteiger partial charge in [-0.1, -0.05) is 6.07 Å². The van der Waals surface area contributed by atoms with E-state index < -0.39 is 33.5 Å². The highest BCUT2D eigenvalue weighted by Crippen LogP contribution is 2.29. The van der Waals surface area contributed by atoms with Gasteiger partial charge in [0.15, 0.2) is 0 Å². The number of benzene rings is 2. The number of nitrogens with one attached hydrogen (secondary N) is 1. The van der Waals surface area contributed by atoms with Gasteiger partial charge in [0.2, 0.25) is 0 Å². The van der Waals surface area contributed by atoms with Crippen molar-refractivity contribution in [1.82, 2.24) is 14.9 Å². The van der Waals surface area contributed by atoms with Crippen LogP contribution in [0, 0.1) is 5.82 Å². The van der Waals surface area contributed by atoms with Gasteiger partial charge in [0.25, 0.3) is 15.9 Å². The van der Waals surface area contributed by atoms with Crippen LogP contribution in [-0.2, 0) is 10.0 Å². The fourth-order valence-corrected chi connectivity index (χ4v) is 5.38. The van der Waals surface area contributed by atoms with Gasteiger partial charge in [-0.2, -0.15) is 0 Å². The average Bonchev–Trinajstić information content (AvgIpc) is 2.82. The van der Waals surface area contributed by atoms with Crippen molar-refractivity contribution in [2.45, 2.75) is 49.3 Å². The van der Waals surface area contributed by atoms with Gasteiger partial charge in [-0.05, 0) is 62.9 Å². The molecule has 3 aromatic rings. The van der Waals surface area contributed by atoms with E-state index in [0.29, 0.717) is 11.9 Å². The van der Waals surface area contributed by atoms with Gasteiger partial charge >= 0.3 is 0 Å². The summed E-state index contributed by atoms with van der Waals surface area (Å²) < 4.78 is 56.2. The number of hydrogen-bond acceptors (Lipinski definition) is 6. The minimum absolute atomic E-state index is 0.0479. The van der Waals surface area contributed by atoms with E-state index in [-0.39, 0.29) is 54.0 Å². The van der Waals surface area contributed by atoms with Crippen LogP contribution in [0.4, 0.5) is 14.5 Å². The van der Waals surface area contributed by atoms with Crippen LogP contribution in [0.25, 0.3) is 11.0 Å². The number of rotatable bonds is 7. The van der Waals surface area contributed by atoms with Crippen molar-refractivity contribution in [3.63, 3.8) is 0 Å². The largest absolute Gasteiger partial charge is 0.390 e. The van der Waals surface area contributed by atoms with Crippen molar-refractivity contribution in [2.24, 2.45) is 0 Å². The average molecular weight is 505 g/mol. The van der Waals surface area contributed by atoms with Crippen LogP contribution in [0.3, 0.4) is 0 Å². The molecule has 0 radical (unpaired) electrons. The van der Waals surface area contributed by atoms with E-state index in [1.807, 2.05) is 0 Å². The van der Waals surface area contributed by atoms with Crippen molar-refractivity contribution in [2.75, 3.05) is 17.8 Å². The van der Waals surface area contributed by atoms with E-state index in [1.165, 1.54) is 48.5 Å². The summed E-state index contributed by atoms with van der Waals surface area (Å²) in [6, 6.07) is 8.03. The number of alkyl halides is 1. The highest BCUT2D eigenvalue weighted by Gasteiger charge is 2.34. The molecule has 11 heteroatoms. The minimum atomic E-state index is -4.10. The number of halogens is 2. The molecule has 1 fully saturated rings. The summed E-state index contributed by atoms with van der Waals surface area (Å²) in [7, 11) is -4.10. The fourth-order valence-electron chi connectivity index (χ4n) is 4.16. The van der Waals surface area contributed by atoms with Crippen LogP contribution in [0.5, 0.6) is 0 Å². The highest BCUT2D eigenvalue weighted by atomic mass is 32.2. The van der Waals surface area contributed by atoms with E-state index in [9.17, 15) is 27.1 Å². The van der Waals surface area contributed by atoms with E-state index in [0.717, 1.165) is 6.07 Å². The Morgan fingerprint density at radius 1 is 1.20 bits per heavy atom. The SMILES string of the molecule is CC(F)CCC1(O)CCN(C(=O)c2ccc(NS(=O)(=O)c3cccc4nccnc34)cc2F)CC1. The Bertz CT molecular complexity index is 1340. The Morgan fingerprint density at radius 2 is 1.91 bits per heavy atom. The molecule has 2 heterocycles. The second-order valence-electron chi connectivity index (χ2n) is 8.82. The summed E-state index contributed by atoms with van der Waals surface area (Å²) in [5, 5.41) is 10.6. The number of para-hydroxylation sites is 1. The zero-order valence-corrected chi connectivity index (χ0v) is 19.9. The quantitative estimate of drug-likeness (QED) is 0.508. The molecule has 1 atom stereocenters. The second kappa shape index (κ2) is 9.82. The smallest absolute Gasteiger partial charge is 0.264 e. The number of nitrogens with zero attached hydrogens (tertiary/aromatic N) is 3. The summed E-state index contributed by atoms with van der Waals surface area (Å²) >= 11 is 0. The number of aliphatic hydroxyl groups is 1. The molecule has 0 saturated carbocycles. The van der Waals surface area contributed by atoms with Crippen molar-refractivity contribution in [3.8, 4) is 0 Å². The van der Waals surface area contributed by atoms with Gasteiger partial charge < -0.3 is 10.0 Å². The normalized spacial score (nSPS) is 16.7. The number of aromatic nitrogens is 2. The van der Waals surface area contributed by atoms with Crippen molar-refractivity contribution in [3.05, 3.63) is 60.2 Å². The minimum Gasteiger partial charge on any atom is -0.390 e. The van der Waals surface area contributed by atoms with Gasteiger partial charge in [0.1, 0.15) is 16.2 Å². The van der Waals surface area contributed by atoms with Gasteiger partial charge in [-0.3, -0.25) is 19.5 Å². The zero-order chi connectivity index (χ0) is 25.2. The Balaban J connectivity index is 1.47. The van der Waals surface area contributed by atoms with Crippen molar-refractivity contribution >= 4 is 32.7 Å². The Morgan fingerprint density at radius 3 is 2.60 bits per heavy atom. The maximum absolute atomic E-state index is 14.9. The third kappa shape index (κ3) is 5.57. The van der Waals surface area contributed by atoms with Crippen LogP contribution < -0.4 is 4.72 Å². The molecular formula is C24H26F2N4O4S. The molecule has 1 aliphatic heterocycles. The number of fused-ring (bicyclic) bond motifs is 1. The van der Waals surface area contributed by atoms with Crippen molar-refractivity contribution < 1.29 is 27.1 Å². The third-order valence-electron chi connectivity index (χ3n) is 6.19. The van der Waals surface area contributed by atoms with Crippen LogP contribution in [-0.4, -0.2) is 59.2 Å². The van der Waals surface area contributed by atoms with Crippen LogP contribution in [0.2, 0.25) is 0 Å². The lowest BCUT2D eigenvalue weighted by molar-refractivity contribution is -0.0276. The first-order valence-corrected chi connectivity index (χ1v) is 12.7. The predicted octanol–water partition coefficient (Wildman–Crippen LogP) is 3.68. The molecule has 2 aromatic carbocycles. The summed E-state index contributed by atoms with van der Waals surface area (Å²) in [5.41, 5.74) is -0.708. The maximum atomic E-state index is 14.9.